The van der Waals surface area contributed by atoms with Gasteiger partial charge in [-0.15, -0.1) is 0 Å². The molecule has 1 aliphatic rings. The summed E-state index contributed by atoms with van der Waals surface area (Å²) in [5.41, 5.74) is 0.309. The lowest BCUT2D eigenvalue weighted by atomic mass is 9.96. The van der Waals surface area contributed by atoms with Gasteiger partial charge in [-0.05, 0) is 51.8 Å². The Labute approximate surface area is 195 Å². The van der Waals surface area contributed by atoms with E-state index in [4.69, 9.17) is 9.57 Å². The van der Waals surface area contributed by atoms with E-state index >= 15 is 0 Å². The van der Waals surface area contributed by atoms with Crippen molar-refractivity contribution in [1.82, 2.24) is 9.63 Å². The lowest BCUT2D eigenvalue weighted by Gasteiger charge is -2.31. The minimum absolute atomic E-state index is 0.0660. The second-order valence-electron chi connectivity index (χ2n) is 8.79. The number of amides is 1. The van der Waals surface area contributed by atoms with Gasteiger partial charge in [0.2, 0.25) is 0 Å². The van der Waals surface area contributed by atoms with Gasteiger partial charge in [0.1, 0.15) is 17.4 Å². The summed E-state index contributed by atoms with van der Waals surface area (Å²) in [6, 6.07) is 3.14. The van der Waals surface area contributed by atoms with E-state index < -0.39 is 18.3 Å². The number of carbonyl (C=O) groups is 1. The molecule has 0 unspecified atom stereocenters. The van der Waals surface area contributed by atoms with E-state index in [0.29, 0.717) is 17.5 Å². The topological polar surface area (TPSA) is 82.0 Å². The van der Waals surface area contributed by atoms with Crippen LogP contribution in [-0.2, 0) is 23.0 Å². The standard InChI is InChI=1S/C23H28F3N3O5/c1-13-15-8-9-29(33-11-10-32-23(2,3)4)21(31)18(15)19(28(5)20(13)30)27-17-7-6-14(12-16(17)24)34-22(25)26/h6-7,12,22,27H,8-11H2,1-5H3. The predicted molar refractivity (Wildman–Crippen MR) is 119 cm³/mol. The van der Waals surface area contributed by atoms with E-state index in [9.17, 15) is 22.8 Å². The van der Waals surface area contributed by atoms with Gasteiger partial charge in [-0.25, -0.2) is 9.45 Å². The number of fused-ring (bicyclic) bond motifs is 1. The number of anilines is 2. The van der Waals surface area contributed by atoms with Crippen LogP contribution in [-0.4, -0.2) is 47.5 Å². The average molecular weight is 483 g/mol. The highest BCUT2D eigenvalue weighted by atomic mass is 19.3. The number of aromatic nitrogens is 1. The maximum absolute atomic E-state index is 14.6. The quantitative estimate of drug-likeness (QED) is 0.574. The van der Waals surface area contributed by atoms with Crippen molar-refractivity contribution in [2.75, 3.05) is 25.1 Å². The molecular formula is C23H28F3N3O5. The fourth-order valence-corrected chi connectivity index (χ4v) is 3.63. The molecule has 1 aromatic heterocycles. The SMILES string of the molecule is Cc1c2c(c(Nc3ccc(OC(F)F)cc3F)n(C)c1=O)C(=O)N(OCCOC(C)(C)C)CC2. The molecule has 1 amide bonds. The summed E-state index contributed by atoms with van der Waals surface area (Å²) in [4.78, 5) is 31.7. The normalized spacial score (nSPS) is 13.9. The third kappa shape index (κ3) is 5.71. The number of nitrogens with one attached hydrogen (secondary N) is 1. The number of halogens is 3. The minimum atomic E-state index is -3.10. The number of carbonyl (C=O) groups excluding carboxylic acids is 1. The van der Waals surface area contributed by atoms with Gasteiger partial charge < -0.3 is 14.8 Å². The van der Waals surface area contributed by atoms with Gasteiger partial charge in [0.25, 0.3) is 11.5 Å². The van der Waals surface area contributed by atoms with Crippen molar-refractivity contribution in [3.05, 3.63) is 51.1 Å². The molecule has 11 heteroatoms. The average Bonchev–Trinajstić information content (AvgIpc) is 2.74. The second-order valence-corrected chi connectivity index (χ2v) is 8.79. The summed E-state index contributed by atoms with van der Waals surface area (Å²) in [6.45, 7) is 4.90. The number of hydrogen-bond donors (Lipinski definition) is 1. The highest BCUT2D eigenvalue weighted by Gasteiger charge is 2.32. The number of pyridine rings is 1. The Kier molecular flexibility index (Phi) is 7.57. The highest BCUT2D eigenvalue weighted by molar-refractivity contribution is 6.01. The smallest absolute Gasteiger partial charge is 0.387 e. The fourth-order valence-electron chi connectivity index (χ4n) is 3.63. The molecule has 1 N–H and O–H groups in total. The van der Waals surface area contributed by atoms with Crippen molar-refractivity contribution in [3.8, 4) is 5.75 Å². The molecule has 0 atom stereocenters. The summed E-state index contributed by atoms with van der Waals surface area (Å²) in [5.74, 6) is -1.67. The van der Waals surface area contributed by atoms with Crippen LogP contribution in [0.25, 0.3) is 0 Å². The molecule has 34 heavy (non-hydrogen) atoms. The zero-order valence-corrected chi connectivity index (χ0v) is 19.7. The van der Waals surface area contributed by atoms with Gasteiger partial charge in [-0.3, -0.25) is 19.0 Å². The molecule has 0 aliphatic carbocycles. The van der Waals surface area contributed by atoms with Crippen LogP contribution >= 0.6 is 0 Å². The molecule has 0 radical (unpaired) electrons. The van der Waals surface area contributed by atoms with Gasteiger partial charge in [0.15, 0.2) is 0 Å². The van der Waals surface area contributed by atoms with E-state index in [1.54, 1.807) is 6.92 Å². The van der Waals surface area contributed by atoms with Crippen LogP contribution in [0.5, 0.6) is 5.75 Å². The summed E-state index contributed by atoms with van der Waals surface area (Å²) in [6.07, 6.45) is 0.363. The molecule has 1 aromatic carbocycles. The number of benzene rings is 1. The molecule has 0 bridgehead atoms. The molecular weight excluding hydrogens is 455 g/mol. The van der Waals surface area contributed by atoms with Crippen molar-refractivity contribution in [1.29, 1.82) is 0 Å². The molecule has 2 aromatic rings. The van der Waals surface area contributed by atoms with Crippen LogP contribution in [0.4, 0.5) is 24.7 Å². The monoisotopic (exact) mass is 483 g/mol. The Morgan fingerprint density at radius 1 is 1.18 bits per heavy atom. The van der Waals surface area contributed by atoms with E-state index in [0.717, 1.165) is 12.1 Å². The molecule has 3 rings (SSSR count). The first-order chi connectivity index (χ1) is 15.9. The molecule has 8 nitrogen and oxygen atoms in total. The molecule has 2 heterocycles. The molecule has 0 saturated heterocycles. The van der Waals surface area contributed by atoms with Crippen LogP contribution in [0.15, 0.2) is 23.0 Å². The Balaban J connectivity index is 1.91. The second kappa shape index (κ2) is 10.1. The maximum Gasteiger partial charge on any atom is 0.387 e. The summed E-state index contributed by atoms with van der Waals surface area (Å²) in [5, 5.41) is 3.97. The molecule has 0 saturated carbocycles. The molecule has 186 valence electrons. The van der Waals surface area contributed by atoms with Crippen molar-refractivity contribution < 1.29 is 32.3 Å². The van der Waals surface area contributed by atoms with Gasteiger partial charge in [0, 0.05) is 18.7 Å². The third-order valence-electron chi connectivity index (χ3n) is 5.24. The van der Waals surface area contributed by atoms with Crippen LogP contribution < -0.4 is 15.6 Å². The summed E-state index contributed by atoms with van der Waals surface area (Å²) in [7, 11) is 1.45. The number of ether oxygens (including phenoxy) is 2. The first-order valence-electron chi connectivity index (χ1n) is 10.7. The molecule has 1 aliphatic heterocycles. The van der Waals surface area contributed by atoms with Crippen molar-refractivity contribution in [3.63, 3.8) is 0 Å². The lowest BCUT2D eigenvalue weighted by molar-refractivity contribution is -0.148. The van der Waals surface area contributed by atoms with E-state index in [1.165, 1.54) is 22.7 Å². The fraction of sp³-hybridized carbons (Fsp3) is 0.478. The summed E-state index contributed by atoms with van der Waals surface area (Å²) >= 11 is 0. The molecule has 0 spiro atoms. The van der Waals surface area contributed by atoms with Crippen LogP contribution in [0.3, 0.4) is 0 Å². The highest BCUT2D eigenvalue weighted by Crippen LogP contribution is 2.31. The van der Waals surface area contributed by atoms with Crippen molar-refractivity contribution in [2.24, 2.45) is 7.05 Å². The lowest BCUT2D eigenvalue weighted by Crippen LogP contribution is -2.41. The zero-order chi connectivity index (χ0) is 25.2. The van der Waals surface area contributed by atoms with Gasteiger partial charge in [0.05, 0.1) is 36.6 Å². The minimum Gasteiger partial charge on any atom is -0.435 e. The number of hydrogen-bond acceptors (Lipinski definition) is 6. The maximum atomic E-state index is 14.6. The molecule has 0 fully saturated rings. The third-order valence-corrected chi connectivity index (χ3v) is 5.24. The van der Waals surface area contributed by atoms with Crippen LogP contribution in [0, 0.1) is 12.7 Å². The van der Waals surface area contributed by atoms with Crippen molar-refractivity contribution in [2.45, 2.75) is 46.3 Å². The number of alkyl halides is 2. The first-order valence-corrected chi connectivity index (χ1v) is 10.7. The van der Waals surface area contributed by atoms with Gasteiger partial charge >= 0.3 is 6.61 Å². The first kappa shape index (κ1) is 25.6. The zero-order valence-electron chi connectivity index (χ0n) is 19.7. The summed E-state index contributed by atoms with van der Waals surface area (Å²) < 4.78 is 50.4. The van der Waals surface area contributed by atoms with E-state index in [1.807, 2.05) is 20.8 Å². The Bertz CT molecular complexity index is 1130. The van der Waals surface area contributed by atoms with Crippen LogP contribution in [0.2, 0.25) is 0 Å². The van der Waals surface area contributed by atoms with Gasteiger partial charge in [-0.2, -0.15) is 8.78 Å². The van der Waals surface area contributed by atoms with Crippen LogP contribution in [0.1, 0.15) is 42.3 Å². The van der Waals surface area contributed by atoms with Gasteiger partial charge in [-0.1, -0.05) is 0 Å². The Morgan fingerprint density at radius 2 is 1.88 bits per heavy atom. The Morgan fingerprint density at radius 3 is 2.50 bits per heavy atom. The van der Waals surface area contributed by atoms with E-state index in [2.05, 4.69) is 10.1 Å². The number of nitrogens with zero attached hydrogens (tertiary/aromatic N) is 2. The Hall–Kier alpha value is -3.05. The van der Waals surface area contributed by atoms with Crippen molar-refractivity contribution >= 4 is 17.4 Å². The number of rotatable bonds is 8. The number of hydroxylamine groups is 2. The predicted octanol–water partition coefficient (Wildman–Crippen LogP) is 3.92. The largest absolute Gasteiger partial charge is 0.435 e. The van der Waals surface area contributed by atoms with E-state index in [-0.39, 0.29) is 53.7 Å².